The van der Waals surface area contributed by atoms with Gasteiger partial charge in [-0.1, -0.05) is 19.3 Å². The smallest absolute Gasteiger partial charge is 0.318 e. The SMILES string of the molecule is COc1cc(C2c3cccn3CCN2C(=O)NC2CCCCC2)cc(OC)c1OC. The van der Waals surface area contributed by atoms with Crippen LogP contribution in [-0.4, -0.2) is 49.4 Å². The van der Waals surface area contributed by atoms with Crippen LogP contribution in [0.15, 0.2) is 30.5 Å². The molecule has 1 unspecified atom stereocenters. The topological polar surface area (TPSA) is 65.0 Å². The van der Waals surface area contributed by atoms with Gasteiger partial charge in [0.15, 0.2) is 11.5 Å². The van der Waals surface area contributed by atoms with Crippen molar-refractivity contribution in [2.24, 2.45) is 0 Å². The van der Waals surface area contributed by atoms with Crippen molar-refractivity contribution in [2.45, 2.75) is 50.7 Å². The van der Waals surface area contributed by atoms with Gasteiger partial charge in [0.1, 0.15) is 0 Å². The van der Waals surface area contributed by atoms with Gasteiger partial charge in [-0.3, -0.25) is 0 Å². The number of hydrogen-bond acceptors (Lipinski definition) is 4. The monoisotopic (exact) mass is 413 g/mol. The number of carbonyl (C=O) groups is 1. The average molecular weight is 414 g/mol. The van der Waals surface area contributed by atoms with E-state index in [-0.39, 0.29) is 18.1 Å². The van der Waals surface area contributed by atoms with Crippen LogP contribution in [0.25, 0.3) is 0 Å². The van der Waals surface area contributed by atoms with E-state index < -0.39 is 0 Å². The molecule has 1 atom stereocenters. The summed E-state index contributed by atoms with van der Waals surface area (Å²) in [5, 5.41) is 3.28. The molecule has 1 aromatic heterocycles. The molecule has 7 nitrogen and oxygen atoms in total. The lowest BCUT2D eigenvalue weighted by Crippen LogP contribution is -2.50. The van der Waals surface area contributed by atoms with Gasteiger partial charge in [-0.05, 0) is 42.7 Å². The highest BCUT2D eigenvalue weighted by atomic mass is 16.5. The molecule has 1 saturated carbocycles. The molecule has 1 aromatic carbocycles. The molecule has 2 amide bonds. The number of nitrogens with zero attached hydrogens (tertiary/aromatic N) is 2. The van der Waals surface area contributed by atoms with Crippen molar-refractivity contribution in [2.75, 3.05) is 27.9 Å². The normalized spacial score (nSPS) is 19.2. The van der Waals surface area contributed by atoms with Crippen LogP contribution in [0.2, 0.25) is 0 Å². The lowest BCUT2D eigenvalue weighted by molar-refractivity contribution is 0.162. The van der Waals surface area contributed by atoms with Gasteiger partial charge in [0.25, 0.3) is 0 Å². The molecule has 0 radical (unpaired) electrons. The van der Waals surface area contributed by atoms with Crippen molar-refractivity contribution in [3.05, 3.63) is 41.7 Å². The molecular formula is C23H31N3O4. The Kier molecular flexibility index (Phi) is 6.06. The lowest BCUT2D eigenvalue weighted by Gasteiger charge is -2.38. The first-order valence-electron chi connectivity index (χ1n) is 10.7. The summed E-state index contributed by atoms with van der Waals surface area (Å²) in [6, 6.07) is 8.02. The zero-order chi connectivity index (χ0) is 21.1. The average Bonchev–Trinajstić information content (AvgIpc) is 3.26. The number of benzene rings is 1. The fourth-order valence-electron chi connectivity index (χ4n) is 4.72. The van der Waals surface area contributed by atoms with E-state index in [2.05, 4.69) is 22.1 Å². The predicted molar refractivity (Wildman–Crippen MR) is 114 cm³/mol. The zero-order valence-electron chi connectivity index (χ0n) is 18.0. The maximum Gasteiger partial charge on any atom is 0.318 e. The molecule has 1 fully saturated rings. The van der Waals surface area contributed by atoms with Crippen molar-refractivity contribution in [1.29, 1.82) is 0 Å². The van der Waals surface area contributed by atoms with Gasteiger partial charge >= 0.3 is 6.03 Å². The molecule has 2 heterocycles. The Bertz CT molecular complexity index is 863. The van der Waals surface area contributed by atoms with E-state index in [1.54, 1.807) is 21.3 Å². The third-order valence-electron chi connectivity index (χ3n) is 6.23. The van der Waals surface area contributed by atoms with E-state index >= 15 is 0 Å². The third kappa shape index (κ3) is 3.80. The Morgan fingerprint density at radius 3 is 2.33 bits per heavy atom. The van der Waals surface area contributed by atoms with Gasteiger partial charge in [-0.15, -0.1) is 0 Å². The summed E-state index contributed by atoms with van der Waals surface area (Å²) in [7, 11) is 4.81. The number of carbonyl (C=O) groups excluding carboxylic acids is 1. The third-order valence-corrected chi connectivity index (χ3v) is 6.23. The number of fused-ring (bicyclic) bond motifs is 1. The summed E-state index contributed by atoms with van der Waals surface area (Å²) < 4.78 is 18.8. The zero-order valence-corrected chi connectivity index (χ0v) is 18.0. The highest BCUT2D eigenvalue weighted by molar-refractivity contribution is 5.76. The van der Waals surface area contributed by atoms with Crippen molar-refractivity contribution < 1.29 is 19.0 Å². The van der Waals surface area contributed by atoms with E-state index in [0.717, 1.165) is 30.6 Å². The first-order valence-corrected chi connectivity index (χ1v) is 10.7. The Morgan fingerprint density at radius 1 is 1.00 bits per heavy atom. The highest BCUT2D eigenvalue weighted by Crippen LogP contribution is 2.43. The summed E-state index contributed by atoms with van der Waals surface area (Å²) in [6.45, 7) is 1.42. The maximum atomic E-state index is 13.3. The van der Waals surface area contributed by atoms with Gasteiger partial charge < -0.3 is 29.0 Å². The molecule has 30 heavy (non-hydrogen) atoms. The largest absolute Gasteiger partial charge is 0.493 e. The molecule has 1 N–H and O–H groups in total. The van der Waals surface area contributed by atoms with E-state index in [1.807, 2.05) is 23.1 Å². The Balaban J connectivity index is 1.71. The first kappa shape index (κ1) is 20.4. The van der Waals surface area contributed by atoms with Gasteiger partial charge in [0.05, 0.1) is 27.4 Å². The minimum atomic E-state index is -0.231. The van der Waals surface area contributed by atoms with Crippen LogP contribution < -0.4 is 19.5 Å². The van der Waals surface area contributed by atoms with Crippen molar-refractivity contribution in [3.8, 4) is 17.2 Å². The highest BCUT2D eigenvalue weighted by Gasteiger charge is 2.34. The van der Waals surface area contributed by atoms with Gasteiger partial charge in [0.2, 0.25) is 5.75 Å². The number of urea groups is 1. The Morgan fingerprint density at radius 2 is 1.70 bits per heavy atom. The molecule has 2 aliphatic rings. The Hall–Kier alpha value is -2.83. The van der Waals surface area contributed by atoms with E-state index in [1.165, 1.54) is 19.3 Å². The second-order valence-electron chi connectivity index (χ2n) is 7.97. The number of rotatable bonds is 5. The van der Waals surface area contributed by atoms with Gasteiger partial charge in [-0.2, -0.15) is 0 Å². The Labute approximate surface area is 177 Å². The number of hydrogen-bond donors (Lipinski definition) is 1. The summed E-state index contributed by atoms with van der Waals surface area (Å²) in [4.78, 5) is 15.3. The number of methoxy groups -OCH3 is 3. The number of ether oxygens (including phenoxy) is 3. The summed E-state index contributed by atoms with van der Waals surface area (Å²) in [5.74, 6) is 1.72. The van der Waals surface area contributed by atoms with Crippen molar-refractivity contribution >= 4 is 6.03 Å². The quantitative estimate of drug-likeness (QED) is 0.806. The molecule has 1 aliphatic heterocycles. The fourth-order valence-corrected chi connectivity index (χ4v) is 4.72. The van der Waals surface area contributed by atoms with E-state index in [4.69, 9.17) is 14.2 Å². The number of aromatic nitrogens is 1. The molecule has 4 rings (SSSR count). The molecule has 0 bridgehead atoms. The molecule has 7 heteroatoms. The second-order valence-corrected chi connectivity index (χ2v) is 7.97. The molecule has 1 aliphatic carbocycles. The standard InChI is InChI=1S/C23H31N3O4/c1-28-19-14-16(15-20(29-2)22(19)30-3)21-18-10-7-11-25(18)12-13-26(21)23(27)24-17-8-5-4-6-9-17/h7,10-11,14-15,17,21H,4-6,8-9,12-13H2,1-3H3,(H,24,27). The van der Waals surface area contributed by atoms with Crippen LogP contribution in [0.3, 0.4) is 0 Å². The molecule has 0 spiro atoms. The predicted octanol–water partition coefficient (Wildman–Crippen LogP) is 3.96. The second kappa shape index (κ2) is 8.90. The minimum absolute atomic E-state index is 0.00639. The maximum absolute atomic E-state index is 13.3. The van der Waals surface area contributed by atoms with Crippen LogP contribution >= 0.6 is 0 Å². The van der Waals surface area contributed by atoms with Crippen molar-refractivity contribution in [1.82, 2.24) is 14.8 Å². The van der Waals surface area contributed by atoms with Crippen LogP contribution in [0.5, 0.6) is 17.2 Å². The summed E-state index contributed by atoms with van der Waals surface area (Å²) in [5.41, 5.74) is 2.01. The van der Waals surface area contributed by atoms with Crippen LogP contribution in [0.4, 0.5) is 4.79 Å². The van der Waals surface area contributed by atoms with E-state index in [0.29, 0.717) is 23.8 Å². The van der Waals surface area contributed by atoms with Crippen LogP contribution in [0.1, 0.15) is 49.4 Å². The fraction of sp³-hybridized carbons (Fsp3) is 0.522. The van der Waals surface area contributed by atoms with Gasteiger partial charge in [0, 0.05) is 31.0 Å². The molecule has 2 aromatic rings. The minimum Gasteiger partial charge on any atom is -0.493 e. The van der Waals surface area contributed by atoms with Gasteiger partial charge in [-0.25, -0.2) is 4.79 Å². The first-order chi connectivity index (χ1) is 14.7. The van der Waals surface area contributed by atoms with Crippen LogP contribution in [0, 0.1) is 0 Å². The van der Waals surface area contributed by atoms with Crippen LogP contribution in [-0.2, 0) is 6.54 Å². The number of amides is 2. The van der Waals surface area contributed by atoms with E-state index in [9.17, 15) is 4.79 Å². The van der Waals surface area contributed by atoms with Crippen molar-refractivity contribution in [3.63, 3.8) is 0 Å². The molecule has 162 valence electrons. The number of nitrogens with one attached hydrogen (secondary N) is 1. The summed E-state index contributed by atoms with van der Waals surface area (Å²) >= 11 is 0. The molecular weight excluding hydrogens is 382 g/mol. The molecule has 0 saturated heterocycles. The summed E-state index contributed by atoms with van der Waals surface area (Å²) in [6.07, 6.45) is 7.82. The lowest BCUT2D eigenvalue weighted by atomic mass is 9.95.